The topological polar surface area (TPSA) is 82.9 Å². The zero-order valence-corrected chi connectivity index (χ0v) is 12.1. The number of amides is 1. The second kappa shape index (κ2) is 9.88. The molecule has 0 fully saturated rings. The molecule has 0 saturated heterocycles. The summed E-state index contributed by atoms with van der Waals surface area (Å²) in [6.07, 6.45) is 1.92. The number of rotatable bonds is 7. The molecule has 0 radical (unpaired) electrons. The third-order valence-electron chi connectivity index (χ3n) is 2.67. The van der Waals surface area contributed by atoms with Crippen molar-refractivity contribution in [1.82, 2.24) is 9.88 Å². The van der Waals surface area contributed by atoms with Crippen LogP contribution in [0.1, 0.15) is 22.5 Å². The summed E-state index contributed by atoms with van der Waals surface area (Å²) >= 11 is 0. The molecule has 6 nitrogen and oxygen atoms in total. The van der Waals surface area contributed by atoms with Gasteiger partial charge in [-0.1, -0.05) is 11.8 Å². The molecule has 0 aliphatic rings. The first-order valence-corrected chi connectivity index (χ1v) is 6.67. The highest BCUT2D eigenvalue weighted by molar-refractivity contribution is 5.92. The molecule has 0 atom stereocenters. The Balaban J connectivity index is 2.74. The molecule has 21 heavy (non-hydrogen) atoms. The van der Waals surface area contributed by atoms with Crippen LogP contribution in [0.4, 0.5) is 0 Å². The molecule has 6 heteroatoms. The fourth-order valence-corrected chi connectivity index (χ4v) is 1.61. The van der Waals surface area contributed by atoms with Crippen molar-refractivity contribution in [3.05, 3.63) is 29.6 Å². The second-order valence-corrected chi connectivity index (χ2v) is 4.22. The van der Waals surface area contributed by atoms with Gasteiger partial charge in [-0.25, -0.2) is 4.98 Å². The van der Waals surface area contributed by atoms with Crippen LogP contribution in [-0.2, 0) is 4.74 Å². The van der Waals surface area contributed by atoms with E-state index in [1.54, 1.807) is 19.2 Å². The highest BCUT2D eigenvalue weighted by Crippen LogP contribution is 2.04. The van der Waals surface area contributed by atoms with Crippen molar-refractivity contribution < 1.29 is 19.7 Å². The molecular weight excluding hydrogens is 272 g/mol. The van der Waals surface area contributed by atoms with Gasteiger partial charge in [-0.05, 0) is 12.1 Å². The summed E-state index contributed by atoms with van der Waals surface area (Å²) < 4.78 is 4.94. The predicted molar refractivity (Wildman–Crippen MR) is 77.7 cm³/mol. The molecule has 1 amide bonds. The van der Waals surface area contributed by atoms with Gasteiger partial charge in [0.2, 0.25) is 0 Å². The number of aliphatic hydroxyl groups is 2. The highest BCUT2D eigenvalue weighted by Gasteiger charge is 2.16. The summed E-state index contributed by atoms with van der Waals surface area (Å²) in [5.41, 5.74) is 0.984. The van der Waals surface area contributed by atoms with E-state index in [2.05, 4.69) is 16.8 Å². The van der Waals surface area contributed by atoms with Gasteiger partial charge < -0.3 is 19.8 Å². The molecular formula is C15H20N2O4. The highest BCUT2D eigenvalue weighted by atomic mass is 16.5. The Morgan fingerprint density at radius 1 is 1.33 bits per heavy atom. The zero-order chi connectivity index (χ0) is 15.5. The number of aromatic nitrogens is 1. The molecule has 0 aliphatic carbocycles. The molecule has 2 N–H and O–H groups in total. The third-order valence-corrected chi connectivity index (χ3v) is 2.67. The largest absolute Gasteiger partial charge is 0.395 e. The molecule has 1 rings (SSSR count). The number of carbonyl (C=O) groups excluding carboxylic acids is 1. The SMILES string of the molecule is COCCN(CCO)C(=O)c1ccc(C#CCCO)cn1. The van der Waals surface area contributed by atoms with Crippen molar-refractivity contribution in [1.29, 1.82) is 0 Å². The van der Waals surface area contributed by atoms with Crippen LogP contribution in [0.2, 0.25) is 0 Å². The Morgan fingerprint density at radius 2 is 2.14 bits per heavy atom. The lowest BCUT2D eigenvalue weighted by atomic mass is 10.2. The van der Waals surface area contributed by atoms with Crippen molar-refractivity contribution in [2.75, 3.05) is 40.0 Å². The molecule has 0 aromatic carbocycles. The molecule has 1 aromatic heterocycles. The van der Waals surface area contributed by atoms with Crippen molar-refractivity contribution in [2.45, 2.75) is 6.42 Å². The zero-order valence-electron chi connectivity index (χ0n) is 12.1. The third kappa shape index (κ3) is 5.92. The number of carbonyl (C=O) groups is 1. The fraction of sp³-hybridized carbons (Fsp3) is 0.467. The summed E-state index contributed by atoms with van der Waals surface area (Å²) in [6, 6.07) is 3.31. The first-order valence-electron chi connectivity index (χ1n) is 6.67. The summed E-state index contributed by atoms with van der Waals surface area (Å²) in [4.78, 5) is 17.8. The van der Waals surface area contributed by atoms with Gasteiger partial charge in [0, 0.05) is 38.4 Å². The van der Waals surface area contributed by atoms with Gasteiger partial charge in [0.1, 0.15) is 5.69 Å². The normalized spacial score (nSPS) is 9.86. The summed E-state index contributed by atoms with van der Waals surface area (Å²) in [5, 5.41) is 17.6. The molecule has 0 saturated carbocycles. The minimum absolute atomic E-state index is 0.0205. The molecule has 114 valence electrons. The van der Waals surface area contributed by atoms with E-state index in [1.807, 2.05) is 0 Å². The standard InChI is InChI=1S/C15H20N2O4/c1-21-11-8-17(7-10-19)15(20)14-6-5-13(12-16-14)4-2-3-9-18/h5-6,12,18-19H,3,7-11H2,1H3. The van der Waals surface area contributed by atoms with E-state index in [1.165, 1.54) is 11.1 Å². The van der Waals surface area contributed by atoms with Crippen LogP contribution in [0.15, 0.2) is 18.3 Å². The Kier molecular flexibility index (Phi) is 8.05. The minimum Gasteiger partial charge on any atom is -0.395 e. The number of ether oxygens (including phenoxy) is 1. The number of pyridine rings is 1. The van der Waals surface area contributed by atoms with Gasteiger partial charge in [-0.2, -0.15) is 0 Å². The molecule has 1 aromatic rings. The Bertz CT molecular complexity index is 491. The lowest BCUT2D eigenvalue weighted by Gasteiger charge is -2.20. The van der Waals surface area contributed by atoms with Gasteiger partial charge in [-0.15, -0.1) is 0 Å². The smallest absolute Gasteiger partial charge is 0.272 e. The quantitative estimate of drug-likeness (QED) is 0.686. The van der Waals surface area contributed by atoms with Crippen molar-refractivity contribution in [3.63, 3.8) is 0 Å². The number of nitrogens with zero attached hydrogens (tertiary/aromatic N) is 2. The predicted octanol–water partition coefficient (Wildman–Crippen LogP) is -0.104. The Morgan fingerprint density at radius 3 is 2.71 bits per heavy atom. The number of aliphatic hydroxyl groups excluding tert-OH is 2. The maximum Gasteiger partial charge on any atom is 0.272 e. The number of hydrogen-bond donors (Lipinski definition) is 2. The van der Waals surface area contributed by atoms with E-state index < -0.39 is 0 Å². The van der Waals surface area contributed by atoms with Crippen molar-refractivity contribution >= 4 is 5.91 Å². The van der Waals surface area contributed by atoms with Gasteiger partial charge in [0.25, 0.3) is 5.91 Å². The molecule has 0 bridgehead atoms. The lowest BCUT2D eigenvalue weighted by molar-refractivity contribution is 0.0651. The van der Waals surface area contributed by atoms with Gasteiger partial charge >= 0.3 is 0 Å². The van der Waals surface area contributed by atoms with Gasteiger partial charge in [-0.3, -0.25) is 4.79 Å². The number of hydrogen-bond acceptors (Lipinski definition) is 5. The summed E-state index contributed by atoms with van der Waals surface area (Å²) in [5.74, 6) is 5.38. The number of methoxy groups -OCH3 is 1. The van der Waals surface area contributed by atoms with Crippen LogP contribution < -0.4 is 0 Å². The van der Waals surface area contributed by atoms with Crippen LogP contribution in [0, 0.1) is 11.8 Å². The Labute approximate surface area is 124 Å². The average molecular weight is 292 g/mol. The van der Waals surface area contributed by atoms with Crippen LogP contribution in [0.3, 0.4) is 0 Å². The van der Waals surface area contributed by atoms with Gasteiger partial charge in [0.05, 0.1) is 19.8 Å². The van der Waals surface area contributed by atoms with Crippen molar-refractivity contribution in [2.24, 2.45) is 0 Å². The van der Waals surface area contributed by atoms with Crippen LogP contribution >= 0.6 is 0 Å². The maximum absolute atomic E-state index is 12.2. The van der Waals surface area contributed by atoms with E-state index in [0.717, 1.165) is 0 Å². The van der Waals surface area contributed by atoms with E-state index in [-0.39, 0.29) is 25.7 Å². The van der Waals surface area contributed by atoms with Crippen LogP contribution in [0.5, 0.6) is 0 Å². The van der Waals surface area contributed by atoms with Crippen LogP contribution in [-0.4, -0.2) is 66.0 Å². The molecule has 0 aliphatic heterocycles. The first kappa shape index (κ1) is 17.1. The van der Waals surface area contributed by atoms with E-state index in [0.29, 0.717) is 30.8 Å². The summed E-state index contributed by atoms with van der Waals surface area (Å²) in [6.45, 7) is 0.945. The van der Waals surface area contributed by atoms with E-state index in [9.17, 15) is 4.79 Å². The van der Waals surface area contributed by atoms with Crippen LogP contribution in [0.25, 0.3) is 0 Å². The average Bonchev–Trinajstić information content (AvgIpc) is 2.52. The Hall–Kier alpha value is -1.94. The molecule has 0 spiro atoms. The minimum atomic E-state index is -0.254. The lowest BCUT2D eigenvalue weighted by Crippen LogP contribution is -2.36. The maximum atomic E-state index is 12.2. The van der Waals surface area contributed by atoms with Gasteiger partial charge in [0.15, 0.2) is 0 Å². The van der Waals surface area contributed by atoms with Crippen molar-refractivity contribution in [3.8, 4) is 11.8 Å². The second-order valence-electron chi connectivity index (χ2n) is 4.22. The molecule has 1 heterocycles. The summed E-state index contributed by atoms with van der Waals surface area (Å²) in [7, 11) is 1.56. The van der Waals surface area contributed by atoms with E-state index >= 15 is 0 Å². The first-order chi connectivity index (χ1) is 10.2. The monoisotopic (exact) mass is 292 g/mol. The molecule has 0 unspecified atom stereocenters. The fourth-order valence-electron chi connectivity index (χ4n) is 1.61. The van der Waals surface area contributed by atoms with E-state index in [4.69, 9.17) is 14.9 Å².